The van der Waals surface area contributed by atoms with Gasteiger partial charge in [0.2, 0.25) is 5.91 Å². The summed E-state index contributed by atoms with van der Waals surface area (Å²) in [4.78, 5) is 15.3. The topological polar surface area (TPSA) is 93.8 Å². The van der Waals surface area contributed by atoms with Gasteiger partial charge in [-0.05, 0) is 29.8 Å². The number of anilines is 1. The summed E-state index contributed by atoms with van der Waals surface area (Å²) in [6.07, 6.45) is 3.04. The van der Waals surface area contributed by atoms with Gasteiger partial charge >= 0.3 is 0 Å². The Hall–Kier alpha value is -2.99. The molecular formula is C20H20ClN5O. The van der Waals surface area contributed by atoms with E-state index in [1.54, 1.807) is 12.3 Å². The average molecular weight is 382 g/mol. The number of carbonyl (C=O) groups excluding carboxylic acids is 1. The van der Waals surface area contributed by atoms with Gasteiger partial charge in [0.15, 0.2) is 0 Å². The minimum Gasteiger partial charge on any atom is -0.368 e. The van der Waals surface area contributed by atoms with Gasteiger partial charge in [0.05, 0.1) is 11.3 Å². The molecule has 138 valence electrons. The molecule has 0 radical (unpaired) electrons. The minimum absolute atomic E-state index is 0.182. The molecule has 27 heavy (non-hydrogen) atoms. The van der Waals surface area contributed by atoms with Crippen LogP contribution < -0.4 is 11.1 Å². The maximum atomic E-state index is 11.3. The Morgan fingerprint density at radius 1 is 1.15 bits per heavy atom. The summed E-state index contributed by atoms with van der Waals surface area (Å²) in [5.74, 6) is 0.121. The number of nitrogens with zero attached hydrogens (tertiary/aromatic N) is 3. The molecule has 3 rings (SSSR count). The lowest BCUT2D eigenvalue weighted by atomic mass is 9.84. The largest absolute Gasteiger partial charge is 0.368 e. The summed E-state index contributed by atoms with van der Waals surface area (Å²) in [7, 11) is 0. The van der Waals surface area contributed by atoms with E-state index in [0.29, 0.717) is 29.2 Å². The monoisotopic (exact) mass is 381 g/mol. The maximum absolute atomic E-state index is 11.3. The molecule has 0 aliphatic rings. The molecule has 6 nitrogen and oxygen atoms in total. The number of benzene rings is 1. The van der Waals surface area contributed by atoms with E-state index < -0.39 is 5.91 Å². The van der Waals surface area contributed by atoms with Gasteiger partial charge in [-0.2, -0.15) is 0 Å². The van der Waals surface area contributed by atoms with E-state index in [4.69, 9.17) is 17.3 Å². The Labute approximate surface area is 162 Å². The third-order valence-corrected chi connectivity index (χ3v) is 4.63. The van der Waals surface area contributed by atoms with Crippen LogP contribution in [0.25, 0.3) is 11.3 Å². The fraction of sp³-hybridized carbons (Fsp3) is 0.200. The Morgan fingerprint density at radius 3 is 2.59 bits per heavy atom. The van der Waals surface area contributed by atoms with Gasteiger partial charge < -0.3 is 11.1 Å². The zero-order valence-electron chi connectivity index (χ0n) is 15.1. The molecule has 0 atom stereocenters. The minimum atomic E-state index is -0.530. The fourth-order valence-electron chi connectivity index (χ4n) is 2.71. The number of nitrogens with one attached hydrogen (secondary N) is 1. The number of hydrogen-bond acceptors (Lipinski definition) is 5. The van der Waals surface area contributed by atoms with E-state index in [0.717, 1.165) is 10.6 Å². The van der Waals surface area contributed by atoms with Crippen molar-refractivity contribution in [1.82, 2.24) is 15.2 Å². The van der Waals surface area contributed by atoms with Crippen molar-refractivity contribution in [3.8, 4) is 11.3 Å². The molecule has 0 saturated carbocycles. The van der Waals surface area contributed by atoms with Crippen LogP contribution in [-0.4, -0.2) is 27.6 Å². The maximum Gasteiger partial charge on any atom is 0.250 e. The van der Waals surface area contributed by atoms with Crippen LogP contribution in [0.2, 0.25) is 5.02 Å². The van der Waals surface area contributed by atoms with Crippen LogP contribution in [0.4, 0.5) is 5.82 Å². The van der Waals surface area contributed by atoms with Crippen molar-refractivity contribution < 1.29 is 4.79 Å². The summed E-state index contributed by atoms with van der Waals surface area (Å²) in [6, 6.07) is 13.1. The van der Waals surface area contributed by atoms with E-state index >= 15 is 0 Å². The van der Waals surface area contributed by atoms with Crippen molar-refractivity contribution in [1.29, 1.82) is 0 Å². The van der Waals surface area contributed by atoms with Crippen molar-refractivity contribution >= 4 is 23.3 Å². The highest BCUT2D eigenvalue weighted by molar-refractivity contribution is 6.31. The molecule has 0 spiro atoms. The number of primary amides is 1. The predicted molar refractivity (Wildman–Crippen MR) is 107 cm³/mol. The molecule has 7 heteroatoms. The van der Waals surface area contributed by atoms with Gasteiger partial charge in [0.1, 0.15) is 5.82 Å². The third-order valence-electron chi connectivity index (χ3n) is 4.30. The summed E-state index contributed by atoms with van der Waals surface area (Å²) in [6.45, 7) is 4.87. The van der Waals surface area contributed by atoms with E-state index in [9.17, 15) is 4.79 Å². The Kier molecular flexibility index (Phi) is 5.37. The standard InChI is InChI=1S/C20H20ClN5O/c1-20(2,15-5-3-4-6-16(15)21)12-24-18-8-7-17(25-26-18)13-9-14(19(22)27)11-23-10-13/h3-11H,12H2,1-2H3,(H2,22,27)(H,24,26). The van der Waals surface area contributed by atoms with Crippen LogP contribution in [0.15, 0.2) is 54.9 Å². The van der Waals surface area contributed by atoms with E-state index in [1.807, 2.05) is 36.4 Å². The van der Waals surface area contributed by atoms with Crippen LogP contribution in [-0.2, 0) is 5.41 Å². The molecule has 0 aliphatic heterocycles. The smallest absolute Gasteiger partial charge is 0.250 e. The van der Waals surface area contributed by atoms with Gasteiger partial charge in [-0.3, -0.25) is 9.78 Å². The van der Waals surface area contributed by atoms with Crippen LogP contribution in [0.5, 0.6) is 0 Å². The zero-order valence-corrected chi connectivity index (χ0v) is 15.9. The molecule has 2 heterocycles. The second-order valence-corrected chi connectivity index (χ2v) is 7.25. The van der Waals surface area contributed by atoms with Crippen LogP contribution in [0, 0.1) is 0 Å². The number of halogens is 1. The van der Waals surface area contributed by atoms with Crippen molar-refractivity contribution in [3.05, 3.63) is 71.0 Å². The number of amides is 1. The first-order chi connectivity index (χ1) is 12.9. The Bertz CT molecular complexity index is 957. The molecule has 2 aromatic heterocycles. The van der Waals surface area contributed by atoms with Gasteiger partial charge in [0, 0.05) is 34.9 Å². The highest BCUT2D eigenvalue weighted by atomic mass is 35.5. The SMILES string of the molecule is CC(C)(CNc1ccc(-c2cncc(C(N)=O)c2)nn1)c1ccccc1Cl. The van der Waals surface area contributed by atoms with E-state index in [-0.39, 0.29) is 5.41 Å². The van der Waals surface area contributed by atoms with Gasteiger partial charge in [0.25, 0.3) is 0 Å². The number of nitrogens with two attached hydrogens (primary N) is 1. The molecule has 0 aliphatic carbocycles. The molecule has 3 aromatic rings. The first-order valence-corrected chi connectivity index (χ1v) is 8.82. The number of pyridine rings is 1. The highest BCUT2D eigenvalue weighted by Crippen LogP contribution is 2.29. The number of aromatic nitrogens is 3. The fourth-order valence-corrected chi connectivity index (χ4v) is 3.10. The van der Waals surface area contributed by atoms with Crippen molar-refractivity contribution in [3.63, 3.8) is 0 Å². The second kappa shape index (κ2) is 7.72. The van der Waals surface area contributed by atoms with Gasteiger partial charge in [-0.25, -0.2) is 0 Å². The normalized spacial score (nSPS) is 11.2. The van der Waals surface area contributed by atoms with Crippen LogP contribution in [0.1, 0.15) is 29.8 Å². The first-order valence-electron chi connectivity index (χ1n) is 8.45. The Morgan fingerprint density at radius 2 is 1.93 bits per heavy atom. The molecule has 0 bridgehead atoms. The summed E-state index contributed by atoms with van der Waals surface area (Å²) < 4.78 is 0. The third kappa shape index (κ3) is 4.41. The lowest BCUT2D eigenvalue weighted by molar-refractivity contribution is 0.1000. The number of carbonyl (C=O) groups is 1. The van der Waals surface area contributed by atoms with Gasteiger partial charge in [-0.1, -0.05) is 43.6 Å². The predicted octanol–water partition coefficient (Wildman–Crippen LogP) is 3.68. The lowest BCUT2D eigenvalue weighted by Gasteiger charge is -2.26. The van der Waals surface area contributed by atoms with Crippen molar-refractivity contribution in [2.75, 3.05) is 11.9 Å². The summed E-state index contributed by atoms with van der Waals surface area (Å²) >= 11 is 6.32. The zero-order chi connectivity index (χ0) is 19.4. The quantitative estimate of drug-likeness (QED) is 0.679. The molecule has 0 fully saturated rings. The van der Waals surface area contributed by atoms with Gasteiger partial charge in [-0.15, -0.1) is 10.2 Å². The van der Waals surface area contributed by atoms with E-state index in [2.05, 4.69) is 34.3 Å². The summed E-state index contributed by atoms with van der Waals surface area (Å²) in [5.41, 5.74) is 7.80. The molecule has 3 N–H and O–H groups in total. The first kappa shape index (κ1) is 18.8. The number of rotatable bonds is 6. The number of hydrogen-bond donors (Lipinski definition) is 2. The second-order valence-electron chi connectivity index (χ2n) is 6.85. The molecule has 0 unspecified atom stereocenters. The summed E-state index contributed by atoms with van der Waals surface area (Å²) in [5, 5.41) is 12.5. The Balaban J connectivity index is 1.72. The highest BCUT2D eigenvalue weighted by Gasteiger charge is 2.23. The molecular weight excluding hydrogens is 362 g/mol. The molecule has 1 aromatic carbocycles. The molecule has 1 amide bonds. The van der Waals surface area contributed by atoms with Crippen LogP contribution in [0.3, 0.4) is 0 Å². The van der Waals surface area contributed by atoms with Crippen LogP contribution >= 0.6 is 11.6 Å². The van der Waals surface area contributed by atoms with E-state index in [1.165, 1.54) is 6.20 Å². The lowest BCUT2D eigenvalue weighted by Crippen LogP contribution is -2.28. The molecule has 0 saturated heterocycles. The van der Waals surface area contributed by atoms with Crippen molar-refractivity contribution in [2.24, 2.45) is 5.73 Å². The van der Waals surface area contributed by atoms with Crippen molar-refractivity contribution in [2.45, 2.75) is 19.3 Å². The average Bonchev–Trinajstić information content (AvgIpc) is 2.67.